The molecule has 1 atom stereocenters. The predicted molar refractivity (Wildman–Crippen MR) is 82.0 cm³/mol. The van der Waals surface area contributed by atoms with Crippen molar-refractivity contribution in [1.29, 1.82) is 0 Å². The Balaban J connectivity index is 1.82. The van der Waals surface area contributed by atoms with E-state index in [1.54, 1.807) is 4.68 Å². The van der Waals surface area contributed by atoms with Crippen LogP contribution in [0.4, 0.5) is 13.2 Å². The van der Waals surface area contributed by atoms with E-state index in [-0.39, 0.29) is 12.2 Å². The number of aromatic nitrogens is 5. The van der Waals surface area contributed by atoms with Crippen molar-refractivity contribution >= 4 is 0 Å². The van der Waals surface area contributed by atoms with Gasteiger partial charge in [0.1, 0.15) is 30.6 Å². The molecule has 0 spiro atoms. The van der Waals surface area contributed by atoms with Gasteiger partial charge in [-0.05, 0) is 24.5 Å². The highest BCUT2D eigenvalue weighted by atomic mass is 19.1. The molecule has 1 aliphatic rings. The maximum Gasteiger partial charge on any atom is 0.163 e. The zero-order valence-electron chi connectivity index (χ0n) is 13.1. The average Bonchev–Trinajstić information content (AvgIpc) is 3.22. The Bertz CT molecular complexity index is 893. The van der Waals surface area contributed by atoms with Crippen molar-refractivity contribution < 1.29 is 13.2 Å². The van der Waals surface area contributed by atoms with Crippen LogP contribution in [0.3, 0.4) is 0 Å². The van der Waals surface area contributed by atoms with Crippen molar-refractivity contribution in [3.05, 3.63) is 72.1 Å². The SMILES string of the molecule is Fc1ccc(C(Cn2cncn2)C2(c3ncncc3F)CC2)c(F)c1. The van der Waals surface area contributed by atoms with Gasteiger partial charge in [-0.1, -0.05) is 6.07 Å². The van der Waals surface area contributed by atoms with Crippen LogP contribution in [0.15, 0.2) is 43.4 Å². The van der Waals surface area contributed by atoms with Crippen LogP contribution in [0.1, 0.15) is 30.0 Å². The summed E-state index contributed by atoms with van der Waals surface area (Å²) in [6.45, 7) is 0.284. The Hall–Kier alpha value is -2.77. The van der Waals surface area contributed by atoms with Crippen molar-refractivity contribution in [2.75, 3.05) is 0 Å². The van der Waals surface area contributed by atoms with Gasteiger partial charge < -0.3 is 0 Å². The highest BCUT2D eigenvalue weighted by Crippen LogP contribution is 2.58. The number of benzene rings is 1. The first-order valence-electron chi connectivity index (χ1n) is 7.83. The van der Waals surface area contributed by atoms with E-state index in [1.807, 2.05) is 0 Å². The third kappa shape index (κ3) is 2.77. The van der Waals surface area contributed by atoms with Crippen LogP contribution in [0.25, 0.3) is 0 Å². The molecule has 1 aliphatic carbocycles. The minimum atomic E-state index is -0.669. The number of hydrogen-bond donors (Lipinski definition) is 0. The van der Waals surface area contributed by atoms with E-state index in [2.05, 4.69) is 20.1 Å². The van der Waals surface area contributed by atoms with E-state index < -0.39 is 28.8 Å². The molecule has 4 rings (SSSR count). The molecule has 1 saturated carbocycles. The molecule has 0 N–H and O–H groups in total. The maximum atomic E-state index is 14.5. The highest BCUT2D eigenvalue weighted by molar-refractivity contribution is 5.36. The van der Waals surface area contributed by atoms with Gasteiger partial charge in [0.15, 0.2) is 5.82 Å². The summed E-state index contributed by atoms with van der Waals surface area (Å²) < 4.78 is 43.7. The smallest absolute Gasteiger partial charge is 0.163 e. The van der Waals surface area contributed by atoms with Gasteiger partial charge >= 0.3 is 0 Å². The quantitative estimate of drug-likeness (QED) is 0.713. The van der Waals surface area contributed by atoms with E-state index in [9.17, 15) is 13.2 Å². The number of halogens is 3. The summed E-state index contributed by atoms with van der Waals surface area (Å²) in [6, 6.07) is 3.46. The van der Waals surface area contributed by atoms with Crippen molar-refractivity contribution in [3.8, 4) is 0 Å². The van der Waals surface area contributed by atoms with Crippen LogP contribution in [0.5, 0.6) is 0 Å². The molecule has 0 saturated heterocycles. The summed E-state index contributed by atoms with van der Waals surface area (Å²) in [5.41, 5.74) is -0.0961. The van der Waals surface area contributed by atoms with Gasteiger partial charge in [0.25, 0.3) is 0 Å². The van der Waals surface area contributed by atoms with Gasteiger partial charge in [0, 0.05) is 17.4 Å². The Morgan fingerprint density at radius 3 is 2.56 bits per heavy atom. The molecule has 8 heteroatoms. The topological polar surface area (TPSA) is 56.5 Å². The number of nitrogens with zero attached hydrogens (tertiary/aromatic N) is 5. The Kier molecular flexibility index (Phi) is 3.74. The van der Waals surface area contributed by atoms with Crippen molar-refractivity contribution in [2.45, 2.75) is 30.7 Å². The molecule has 5 nitrogen and oxygen atoms in total. The second-order valence-corrected chi connectivity index (χ2v) is 6.21. The molecule has 2 aromatic heterocycles. The monoisotopic (exact) mass is 345 g/mol. The van der Waals surface area contributed by atoms with Crippen molar-refractivity contribution in [1.82, 2.24) is 24.7 Å². The van der Waals surface area contributed by atoms with E-state index in [1.165, 1.54) is 31.1 Å². The van der Waals surface area contributed by atoms with Crippen LogP contribution in [0.2, 0.25) is 0 Å². The van der Waals surface area contributed by atoms with Gasteiger partial charge in [0.05, 0.1) is 18.4 Å². The molecule has 0 radical (unpaired) electrons. The standard InChI is InChI=1S/C17H14F3N5/c18-11-1-2-12(14(19)5-11)13(7-25-10-22-9-24-25)17(3-4-17)16-15(20)6-21-8-23-16/h1-2,5-6,8-10,13H,3-4,7H2. The van der Waals surface area contributed by atoms with Gasteiger partial charge in [0.2, 0.25) is 0 Å². The first kappa shape index (κ1) is 15.7. The number of hydrogen-bond acceptors (Lipinski definition) is 4. The molecule has 2 heterocycles. The van der Waals surface area contributed by atoms with Crippen molar-refractivity contribution in [3.63, 3.8) is 0 Å². The fourth-order valence-corrected chi connectivity index (χ4v) is 3.43. The Labute approximate surface area is 141 Å². The third-order valence-electron chi connectivity index (χ3n) is 4.77. The summed E-state index contributed by atoms with van der Waals surface area (Å²) in [6.07, 6.45) is 6.58. The van der Waals surface area contributed by atoms with Gasteiger partial charge in [-0.3, -0.25) is 4.68 Å². The van der Waals surface area contributed by atoms with E-state index in [0.717, 1.165) is 12.3 Å². The normalized spacial score (nSPS) is 16.6. The van der Waals surface area contributed by atoms with E-state index >= 15 is 0 Å². The molecule has 0 aliphatic heterocycles. The first-order valence-corrected chi connectivity index (χ1v) is 7.83. The number of rotatable bonds is 5. The lowest BCUT2D eigenvalue weighted by molar-refractivity contribution is 0.394. The molecule has 1 fully saturated rings. The molecular weight excluding hydrogens is 331 g/mol. The summed E-state index contributed by atoms with van der Waals surface area (Å²) in [4.78, 5) is 11.7. The van der Waals surface area contributed by atoms with Gasteiger partial charge in [-0.2, -0.15) is 5.10 Å². The fourth-order valence-electron chi connectivity index (χ4n) is 3.43. The predicted octanol–water partition coefficient (Wildman–Crippen LogP) is 3.00. The molecule has 128 valence electrons. The van der Waals surface area contributed by atoms with Crippen molar-refractivity contribution in [2.24, 2.45) is 0 Å². The van der Waals surface area contributed by atoms with Gasteiger partial charge in [-0.25, -0.2) is 28.1 Å². The zero-order chi connectivity index (χ0) is 17.4. The lowest BCUT2D eigenvalue weighted by Gasteiger charge is -2.27. The maximum absolute atomic E-state index is 14.5. The fraction of sp³-hybridized carbons (Fsp3) is 0.294. The van der Waals surface area contributed by atoms with Crippen LogP contribution in [-0.2, 0) is 12.0 Å². The molecule has 3 aromatic rings. The summed E-state index contributed by atoms with van der Waals surface area (Å²) in [7, 11) is 0. The minimum absolute atomic E-state index is 0.261. The minimum Gasteiger partial charge on any atom is -0.252 e. The molecular formula is C17H14F3N5. The van der Waals surface area contributed by atoms with Gasteiger partial charge in [-0.15, -0.1) is 0 Å². The lowest BCUT2D eigenvalue weighted by atomic mass is 9.80. The summed E-state index contributed by atoms with van der Waals surface area (Å²) in [5.74, 6) is -2.30. The van der Waals surface area contributed by atoms with Crippen LogP contribution >= 0.6 is 0 Å². The molecule has 0 amide bonds. The second-order valence-electron chi connectivity index (χ2n) is 6.21. The first-order chi connectivity index (χ1) is 12.1. The Morgan fingerprint density at radius 1 is 1.08 bits per heavy atom. The van der Waals surface area contributed by atoms with E-state index in [4.69, 9.17) is 0 Å². The summed E-state index contributed by atoms with van der Waals surface area (Å²) in [5, 5.41) is 4.07. The summed E-state index contributed by atoms with van der Waals surface area (Å²) >= 11 is 0. The lowest BCUT2D eigenvalue weighted by Crippen LogP contribution is -2.27. The largest absolute Gasteiger partial charge is 0.252 e. The second kappa shape index (κ2) is 5.94. The Morgan fingerprint density at radius 2 is 1.92 bits per heavy atom. The molecule has 1 aromatic carbocycles. The van der Waals surface area contributed by atoms with Crippen LogP contribution < -0.4 is 0 Å². The highest BCUT2D eigenvalue weighted by Gasteiger charge is 2.54. The molecule has 0 bridgehead atoms. The van der Waals surface area contributed by atoms with Crippen LogP contribution in [0, 0.1) is 17.5 Å². The average molecular weight is 345 g/mol. The van der Waals surface area contributed by atoms with Crippen LogP contribution in [-0.4, -0.2) is 24.7 Å². The van der Waals surface area contributed by atoms with E-state index in [0.29, 0.717) is 18.4 Å². The molecule has 25 heavy (non-hydrogen) atoms. The molecule has 1 unspecified atom stereocenters. The zero-order valence-corrected chi connectivity index (χ0v) is 13.1. The third-order valence-corrected chi connectivity index (χ3v) is 4.77.